The number of aryl methyl sites for hydroxylation is 1. The van der Waals surface area contributed by atoms with Gasteiger partial charge in [-0.15, -0.1) is 0 Å². The Bertz CT molecular complexity index is 393. The SMILES string of the molecule is CSCCC(C)NC(=O)c1ccc(C)cc1O. The van der Waals surface area contributed by atoms with Gasteiger partial charge >= 0.3 is 0 Å². The van der Waals surface area contributed by atoms with Crippen molar-refractivity contribution in [1.29, 1.82) is 0 Å². The Hall–Kier alpha value is -1.16. The molecular weight excluding hydrogens is 234 g/mol. The highest BCUT2D eigenvalue weighted by Crippen LogP contribution is 2.18. The molecule has 1 unspecified atom stereocenters. The molecule has 0 bridgehead atoms. The van der Waals surface area contributed by atoms with Crippen LogP contribution in [-0.4, -0.2) is 29.1 Å². The molecule has 1 amide bonds. The maximum absolute atomic E-state index is 11.9. The van der Waals surface area contributed by atoms with E-state index in [4.69, 9.17) is 0 Å². The molecular formula is C13H19NO2S. The number of benzene rings is 1. The normalized spacial score (nSPS) is 12.2. The highest BCUT2D eigenvalue weighted by atomic mass is 32.2. The molecule has 0 aliphatic heterocycles. The lowest BCUT2D eigenvalue weighted by atomic mass is 10.1. The second-order valence-electron chi connectivity index (χ2n) is 4.18. The third-order valence-corrected chi connectivity index (χ3v) is 3.17. The van der Waals surface area contributed by atoms with Crippen molar-refractivity contribution in [2.45, 2.75) is 26.3 Å². The van der Waals surface area contributed by atoms with Crippen LogP contribution < -0.4 is 5.32 Å². The van der Waals surface area contributed by atoms with E-state index in [1.54, 1.807) is 23.9 Å². The number of carbonyl (C=O) groups is 1. The standard InChI is InChI=1S/C13H19NO2S/c1-9-4-5-11(12(15)8-9)13(16)14-10(2)6-7-17-3/h4-5,8,10,15H,6-7H2,1-3H3,(H,14,16). The summed E-state index contributed by atoms with van der Waals surface area (Å²) in [4.78, 5) is 11.9. The maximum Gasteiger partial charge on any atom is 0.255 e. The molecule has 1 aromatic rings. The molecule has 0 spiro atoms. The van der Waals surface area contributed by atoms with Gasteiger partial charge in [0.2, 0.25) is 0 Å². The molecule has 0 radical (unpaired) electrons. The van der Waals surface area contributed by atoms with Crippen molar-refractivity contribution >= 4 is 17.7 Å². The fraction of sp³-hybridized carbons (Fsp3) is 0.462. The van der Waals surface area contributed by atoms with Gasteiger partial charge in [0.1, 0.15) is 5.75 Å². The van der Waals surface area contributed by atoms with Gasteiger partial charge in [-0.25, -0.2) is 0 Å². The third-order valence-electron chi connectivity index (χ3n) is 2.53. The molecule has 0 aromatic heterocycles. The van der Waals surface area contributed by atoms with E-state index in [-0.39, 0.29) is 17.7 Å². The molecule has 0 saturated carbocycles. The predicted molar refractivity (Wildman–Crippen MR) is 72.8 cm³/mol. The lowest BCUT2D eigenvalue weighted by molar-refractivity contribution is 0.0937. The van der Waals surface area contributed by atoms with Crippen molar-refractivity contribution < 1.29 is 9.90 Å². The number of aromatic hydroxyl groups is 1. The van der Waals surface area contributed by atoms with Gasteiger partial charge in [0.15, 0.2) is 0 Å². The van der Waals surface area contributed by atoms with Crippen molar-refractivity contribution in [3.63, 3.8) is 0 Å². The Morgan fingerprint density at radius 3 is 2.82 bits per heavy atom. The van der Waals surface area contributed by atoms with Crippen molar-refractivity contribution in [3.05, 3.63) is 29.3 Å². The number of amides is 1. The van der Waals surface area contributed by atoms with E-state index in [0.29, 0.717) is 5.56 Å². The van der Waals surface area contributed by atoms with Crippen LogP contribution in [0, 0.1) is 6.92 Å². The van der Waals surface area contributed by atoms with Gasteiger partial charge < -0.3 is 10.4 Å². The van der Waals surface area contributed by atoms with Gasteiger partial charge in [0.05, 0.1) is 5.56 Å². The van der Waals surface area contributed by atoms with Crippen LogP contribution in [0.25, 0.3) is 0 Å². The van der Waals surface area contributed by atoms with Crippen LogP contribution in [0.5, 0.6) is 5.75 Å². The summed E-state index contributed by atoms with van der Waals surface area (Å²) in [7, 11) is 0. The number of rotatable bonds is 5. The fourth-order valence-corrected chi connectivity index (χ4v) is 2.09. The Kier molecular flexibility index (Phi) is 5.35. The molecule has 1 atom stereocenters. The second kappa shape index (κ2) is 6.55. The van der Waals surface area contributed by atoms with Crippen LogP contribution >= 0.6 is 11.8 Å². The van der Waals surface area contributed by atoms with Crippen molar-refractivity contribution in [1.82, 2.24) is 5.32 Å². The number of hydrogen-bond acceptors (Lipinski definition) is 3. The minimum Gasteiger partial charge on any atom is -0.507 e. The summed E-state index contributed by atoms with van der Waals surface area (Å²) >= 11 is 1.76. The monoisotopic (exact) mass is 253 g/mol. The molecule has 1 aromatic carbocycles. The summed E-state index contributed by atoms with van der Waals surface area (Å²) in [5.41, 5.74) is 1.28. The number of thioether (sulfide) groups is 1. The smallest absolute Gasteiger partial charge is 0.255 e. The van der Waals surface area contributed by atoms with Crippen LogP contribution in [0.3, 0.4) is 0 Å². The topological polar surface area (TPSA) is 49.3 Å². The highest BCUT2D eigenvalue weighted by Gasteiger charge is 2.13. The lowest BCUT2D eigenvalue weighted by Gasteiger charge is -2.14. The summed E-state index contributed by atoms with van der Waals surface area (Å²) in [5.74, 6) is 0.845. The van der Waals surface area contributed by atoms with Crippen LogP contribution in [0.2, 0.25) is 0 Å². The van der Waals surface area contributed by atoms with Crippen molar-refractivity contribution in [2.75, 3.05) is 12.0 Å². The molecule has 0 heterocycles. The zero-order valence-electron chi connectivity index (χ0n) is 10.5. The largest absolute Gasteiger partial charge is 0.507 e. The third kappa shape index (κ3) is 4.30. The van der Waals surface area contributed by atoms with Gasteiger partial charge in [-0.2, -0.15) is 11.8 Å². The first kappa shape index (κ1) is 13.9. The average Bonchev–Trinajstić information content (AvgIpc) is 2.26. The van der Waals surface area contributed by atoms with Crippen LogP contribution in [-0.2, 0) is 0 Å². The lowest BCUT2D eigenvalue weighted by Crippen LogP contribution is -2.32. The van der Waals surface area contributed by atoms with Gasteiger partial charge in [-0.05, 0) is 50.0 Å². The van der Waals surface area contributed by atoms with E-state index in [0.717, 1.165) is 17.7 Å². The zero-order chi connectivity index (χ0) is 12.8. The van der Waals surface area contributed by atoms with Gasteiger partial charge in [0.25, 0.3) is 5.91 Å². The van der Waals surface area contributed by atoms with Gasteiger partial charge in [-0.1, -0.05) is 6.07 Å². The van der Waals surface area contributed by atoms with E-state index >= 15 is 0 Å². The number of nitrogens with one attached hydrogen (secondary N) is 1. The molecule has 0 aliphatic rings. The molecule has 0 fully saturated rings. The fourth-order valence-electron chi connectivity index (χ4n) is 1.50. The quantitative estimate of drug-likeness (QED) is 0.848. The van der Waals surface area contributed by atoms with Gasteiger partial charge in [-0.3, -0.25) is 4.79 Å². The molecule has 4 heteroatoms. The minimum absolute atomic E-state index is 0.0413. The first-order chi connectivity index (χ1) is 8.04. The number of phenols is 1. The van der Waals surface area contributed by atoms with E-state index in [2.05, 4.69) is 5.32 Å². The maximum atomic E-state index is 11.9. The summed E-state index contributed by atoms with van der Waals surface area (Å²) in [6, 6.07) is 5.19. The van der Waals surface area contributed by atoms with Crippen molar-refractivity contribution in [2.24, 2.45) is 0 Å². The second-order valence-corrected chi connectivity index (χ2v) is 5.16. The average molecular weight is 253 g/mol. The van der Waals surface area contributed by atoms with Crippen LogP contribution in [0.15, 0.2) is 18.2 Å². The number of carbonyl (C=O) groups excluding carboxylic acids is 1. The van der Waals surface area contributed by atoms with E-state index in [1.165, 1.54) is 0 Å². The van der Waals surface area contributed by atoms with Crippen LogP contribution in [0.4, 0.5) is 0 Å². The molecule has 1 rings (SSSR count). The number of phenolic OH excluding ortho intramolecular Hbond substituents is 1. The van der Waals surface area contributed by atoms with E-state index in [1.807, 2.05) is 26.2 Å². The van der Waals surface area contributed by atoms with Gasteiger partial charge in [0, 0.05) is 6.04 Å². The molecule has 0 saturated heterocycles. The van der Waals surface area contributed by atoms with E-state index in [9.17, 15) is 9.90 Å². The molecule has 17 heavy (non-hydrogen) atoms. The summed E-state index contributed by atoms with van der Waals surface area (Å²) < 4.78 is 0. The predicted octanol–water partition coefficient (Wildman–Crippen LogP) is 2.57. The highest BCUT2D eigenvalue weighted by molar-refractivity contribution is 7.98. The Morgan fingerprint density at radius 2 is 2.24 bits per heavy atom. The summed E-state index contributed by atoms with van der Waals surface area (Å²) in [6.45, 7) is 3.85. The molecule has 2 N–H and O–H groups in total. The number of hydrogen-bond donors (Lipinski definition) is 2. The minimum atomic E-state index is -0.212. The van der Waals surface area contributed by atoms with Crippen LogP contribution in [0.1, 0.15) is 29.3 Å². The van der Waals surface area contributed by atoms with Crippen molar-refractivity contribution in [3.8, 4) is 5.75 Å². The van der Waals surface area contributed by atoms with E-state index < -0.39 is 0 Å². The summed E-state index contributed by atoms with van der Waals surface area (Å²) in [5, 5.41) is 12.6. The molecule has 0 aliphatic carbocycles. The first-order valence-corrected chi connectivity index (χ1v) is 7.03. The first-order valence-electron chi connectivity index (χ1n) is 5.64. The molecule has 3 nitrogen and oxygen atoms in total. The molecule has 94 valence electrons. The Balaban J connectivity index is 2.63. The Labute approximate surface area is 107 Å². The Morgan fingerprint density at radius 1 is 1.53 bits per heavy atom. The summed E-state index contributed by atoms with van der Waals surface area (Å²) in [6.07, 6.45) is 2.97. The zero-order valence-corrected chi connectivity index (χ0v) is 11.3.